The summed E-state index contributed by atoms with van der Waals surface area (Å²) in [7, 11) is 6.07. The lowest BCUT2D eigenvalue weighted by Crippen LogP contribution is -2.23. The van der Waals surface area contributed by atoms with Crippen LogP contribution >= 0.6 is 18.5 Å². The average Bonchev–Trinajstić information content (AvgIpc) is 1.99. The molecule has 0 aromatic rings. The molecule has 0 saturated carbocycles. The van der Waals surface area contributed by atoms with Gasteiger partial charge in [-0.05, 0) is 18.8 Å². The van der Waals surface area contributed by atoms with Crippen molar-refractivity contribution in [1.82, 2.24) is 0 Å². The van der Waals surface area contributed by atoms with Gasteiger partial charge in [-0.2, -0.15) is 0 Å². The average molecular weight is 206 g/mol. The summed E-state index contributed by atoms with van der Waals surface area (Å²) in [5, 5.41) is 0. The molecule has 0 aliphatic heterocycles. The van der Waals surface area contributed by atoms with E-state index in [2.05, 4.69) is 39.3 Å². The number of rotatable bonds is 6. The third-order valence-corrected chi connectivity index (χ3v) is 4.09. The summed E-state index contributed by atoms with van der Waals surface area (Å²) < 4.78 is 0. The van der Waals surface area contributed by atoms with Gasteiger partial charge in [-0.25, -0.2) is 0 Å². The van der Waals surface area contributed by atoms with Crippen molar-refractivity contribution in [3.05, 3.63) is 0 Å². The van der Waals surface area contributed by atoms with Gasteiger partial charge in [0.05, 0.1) is 0 Å². The summed E-state index contributed by atoms with van der Waals surface area (Å²) in [4.78, 5) is 0.402. The van der Waals surface area contributed by atoms with Gasteiger partial charge < -0.3 is 0 Å². The summed E-state index contributed by atoms with van der Waals surface area (Å²) in [6.07, 6.45) is 6.57. The zero-order chi connectivity index (χ0) is 9.61. The first kappa shape index (κ1) is 12.9. The van der Waals surface area contributed by atoms with Crippen molar-refractivity contribution in [1.29, 1.82) is 0 Å². The van der Waals surface area contributed by atoms with Gasteiger partial charge in [0.15, 0.2) is 0 Å². The molecule has 0 heterocycles. The molecule has 0 spiro atoms. The van der Waals surface area contributed by atoms with E-state index >= 15 is 0 Å². The second-order valence-electron chi connectivity index (χ2n) is 3.76. The number of hydrogen-bond acceptors (Lipinski definition) is 0. The molecule has 0 saturated heterocycles. The van der Waals surface area contributed by atoms with Crippen molar-refractivity contribution in [3.63, 3.8) is 0 Å². The molecule has 0 aromatic heterocycles. The minimum atomic E-state index is 0.402. The molecule has 74 valence electrons. The minimum Gasteiger partial charge on any atom is -0.127 e. The molecule has 0 aliphatic carbocycles. The molecular formula is C10H24P2. The second-order valence-corrected chi connectivity index (χ2v) is 6.57. The first-order chi connectivity index (χ1) is 5.58. The summed E-state index contributed by atoms with van der Waals surface area (Å²) >= 11 is 0. The van der Waals surface area contributed by atoms with E-state index < -0.39 is 0 Å². The minimum absolute atomic E-state index is 0.402. The smallest absolute Gasteiger partial charge is 0.00207 e. The van der Waals surface area contributed by atoms with E-state index in [1.807, 2.05) is 0 Å². The van der Waals surface area contributed by atoms with Crippen molar-refractivity contribution in [3.8, 4) is 0 Å². The molecule has 3 atom stereocenters. The lowest BCUT2D eigenvalue weighted by molar-refractivity contribution is 0.404. The maximum absolute atomic E-state index is 3.03. The molecule has 0 fully saturated rings. The molecule has 0 amide bonds. The Morgan fingerprint density at radius 2 is 1.67 bits per heavy atom. The molecule has 0 nitrogen and oxygen atoms in total. The molecule has 0 aromatic carbocycles. The van der Waals surface area contributed by atoms with Gasteiger partial charge in [0.2, 0.25) is 0 Å². The van der Waals surface area contributed by atoms with Crippen molar-refractivity contribution in [2.75, 3.05) is 0 Å². The summed E-state index contributed by atoms with van der Waals surface area (Å²) in [6, 6.07) is 0. The van der Waals surface area contributed by atoms with Crippen LogP contribution in [0.3, 0.4) is 0 Å². The largest absolute Gasteiger partial charge is 0.127 e. The van der Waals surface area contributed by atoms with E-state index in [0.29, 0.717) is 4.90 Å². The van der Waals surface area contributed by atoms with Crippen LogP contribution in [0.15, 0.2) is 0 Å². The lowest BCUT2D eigenvalue weighted by atomic mass is 9.93. The third-order valence-electron chi connectivity index (χ3n) is 2.57. The molecule has 0 rings (SSSR count). The van der Waals surface area contributed by atoms with Gasteiger partial charge in [0, 0.05) is 4.90 Å². The highest BCUT2D eigenvalue weighted by atomic mass is 31.1. The van der Waals surface area contributed by atoms with Crippen LogP contribution in [0.2, 0.25) is 0 Å². The Labute approximate surface area is 82.7 Å². The summed E-state index contributed by atoms with van der Waals surface area (Å²) in [6.45, 7) is 6.85. The quantitative estimate of drug-likeness (QED) is 0.575. The molecule has 0 radical (unpaired) electrons. The van der Waals surface area contributed by atoms with Crippen molar-refractivity contribution in [2.45, 2.75) is 57.8 Å². The Kier molecular flexibility index (Phi) is 6.79. The maximum Gasteiger partial charge on any atom is 0.00207 e. The highest BCUT2D eigenvalue weighted by Gasteiger charge is 2.26. The Morgan fingerprint density at radius 1 is 1.08 bits per heavy atom. The van der Waals surface area contributed by atoms with Crippen molar-refractivity contribution < 1.29 is 0 Å². The Morgan fingerprint density at radius 3 is 2.00 bits per heavy atom. The van der Waals surface area contributed by atoms with E-state index in [-0.39, 0.29) is 0 Å². The molecule has 0 N–H and O–H groups in total. The van der Waals surface area contributed by atoms with Gasteiger partial charge in [-0.15, -0.1) is 18.5 Å². The molecule has 2 heteroatoms. The van der Waals surface area contributed by atoms with Crippen LogP contribution in [-0.2, 0) is 0 Å². The molecular weight excluding hydrogens is 182 g/mol. The number of hydrogen-bond donors (Lipinski definition) is 0. The fraction of sp³-hybridized carbons (Fsp3) is 1.00. The summed E-state index contributed by atoms with van der Waals surface area (Å²) in [5.41, 5.74) is 0. The van der Waals surface area contributed by atoms with E-state index in [9.17, 15) is 0 Å². The SMILES string of the molecule is CCCC(CC)C(P)(P)CCC. The first-order valence-electron chi connectivity index (χ1n) is 5.16. The van der Waals surface area contributed by atoms with Crippen molar-refractivity contribution in [2.24, 2.45) is 5.92 Å². The standard InChI is InChI=1S/C10H24P2/c1-4-7-9(6-3)10(11,12)8-5-2/h9H,4-8,11-12H2,1-3H3. The van der Waals surface area contributed by atoms with Gasteiger partial charge >= 0.3 is 0 Å². The molecule has 12 heavy (non-hydrogen) atoms. The summed E-state index contributed by atoms with van der Waals surface area (Å²) in [5.74, 6) is 0.859. The molecule has 0 bridgehead atoms. The van der Waals surface area contributed by atoms with Crippen LogP contribution in [0.4, 0.5) is 0 Å². The highest BCUT2D eigenvalue weighted by molar-refractivity contribution is 7.39. The van der Waals surface area contributed by atoms with Crippen LogP contribution in [0.25, 0.3) is 0 Å². The molecule has 0 aliphatic rings. The highest BCUT2D eigenvalue weighted by Crippen LogP contribution is 2.43. The predicted molar refractivity (Wildman–Crippen MR) is 65.7 cm³/mol. The van der Waals surface area contributed by atoms with Crippen LogP contribution < -0.4 is 0 Å². The first-order valence-corrected chi connectivity index (χ1v) is 6.31. The monoisotopic (exact) mass is 206 g/mol. The molecule has 3 unspecified atom stereocenters. The Hall–Kier alpha value is 0.860. The predicted octanol–water partition coefficient (Wildman–Crippen LogP) is 4.06. The zero-order valence-corrected chi connectivity index (χ0v) is 11.1. The van der Waals surface area contributed by atoms with Gasteiger partial charge in [0.1, 0.15) is 0 Å². The maximum atomic E-state index is 3.03. The Balaban J connectivity index is 4.05. The van der Waals surface area contributed by atoms with Crippen LogP contribution in [-0.4, -0.2) is 4.90 Å². The zero-order valence-electron chi connectivity index (χ0n) is 8.77. The normalized spacial score (nSPS) is 14.8. The second kappa shape index (κ2) is 6.33. The van der Waals surface area contributed by atoms with Gasteiger partial charge in [0.25, 0.3) is 0 Å². The van der Waals surface area contributed by atoms with E-state index in [4.69, 9.17) is 0 Å². The van der Waals surface area contributed by atoms with E-state index in [1.165, 1.54) is 32.1 Å². The fourth-order valence-corrected chi connectivity index (χ4v) is 3.22. The van der Waals surface area contributed by atoms with Crippen LogP contribution in [0, 0.1) is 5.92 Å². The fourth-order valence-electron chi connectivity index (χ4n) is 1.84. The van der Waals surface area contributed by atoms with E-state index in [0.717, 1.165) is 5.92 Å². The lowest BCUT2D eigenvalue weighted by Gasteiger charge is -2.33. The third kappa shape index (κ3) is 4.20. The van der Waals surface area contributed by atoms with Crippen molar-refractivity contribution >= 4 is 18.5 Å². The van der Waals surface area contributed by atoms with Crippen LogP contribution in [0.1, 0.15) is 52.9 Å². The van der Waals surface area contributed by atoms with Crippen LogP contribution in [0.5, 0.6) is 0 Å². The van der Waals surface area contributed by atoms with E-state index in [1.54, 1.807) is 0 Å². The van der Waals surface area contributed by atoms with Gasteiger partial charge in [-0.1, -0.05) is 40.0 Å². The topological polar surface area (TPSA) is 0 Å². The van der Waals surface area contributed by atoms with Gasteiger partial charge in [-0.3, -0.25) is 0 Å². The Bertz CT molecular complexity index is 110.